The van der Waals surface area contributed by atoms with Gasteiger partial charge in [0.1, 0.15) is 5.78 Å². The molecule has 2 rings (SSSR count). The molecular formula is C17H22N2O3. The Morgan fingerprint density at radius 1 is 1.18 bits per heavy atom. The molecule has 1 aromatic rings. The largest absolute Gasteiger partial charge is 0.366 e. The van der Waals surface area contributed by atoms with E-state index in [1.807, 2.05) is 19.9 Å². The van der Waals surface area contributed by atoms with E-state index in [2.05, 4.69) is 0 Å². The molecule has 1 aliphatic rings. The summed E-state index contributed by atoms with van der Waals surface area (Å²) in [4.78, 5) is 37.3. The van der Waals surface area contributed by atoms with Crippen LogP contribution in [0.5, 0.6) is 0 Å². The van der Waals surface area contributed by atoms with Crippen LogP contribution in [0.15, 0.2) is 24.3 Å². The average molecular weight is 302 g/mol. The predicted octanol–water partition coefficient (Wildman–Crippen LogP) is 1.72. The minimum Gasteiger partial charge on any atom is -0.366 e. The Balaban J connectivity index is 2.26. The minimum absolute atomic E-state index is 0.0177. The van der Waals surface area contributed by atoms with E-state index < -0.39 is 5.91 Å². The number of Topliss-reactive ketones (excluding diaryl/α,β-unsaturated/α-hetero) is 1. The van der Waals surface area contributed by atoms with Gasteiger partial charge in [-0.3, -0.25) is 14.4 Å². The summed E-state index contributed by atoms with van der Waals surface area (Å²) in [7, 11) is 0. The van der Waals surface area contributed by atoms with Crippen LogP contribution in [0.4, 0.5) is 0 Å². The number of primary amides is 1. The first kappa shape index (κ1) is 16.2. The van der Waals surface area contributed by atoms with E-state index in [0.717, 1.165) is 5.56 Å². The third-order valence-electron chi connectivity index (χ3n) is 4.10. The molecule has 0 spiro atoms. The Morgan fingerprint density at radius 2 is 1.82 bits per heavy atom. The summed E-state index contributed by atoms with van der Waals surface area (Å²) in [5, 5.41) is 0. The van der Waals surface area contributed by atoms with Gasteiger partial charge in [0.15, 0.2) is 0 Å². The highest BCUT2D eigenvalue weighted by Gasteiger charge is 2.30. The van der Waals surface area contributed by atoms with Crippen LogP contribution in [0.1, 0.15) is 48.5 Å². The van der Waals surface area contributed by atoms with Crippen molar-refractivity contribution in [3.05, 3.63) is 35.4 Å². The summed E-state index contributed by atoms with van der Waals surface area (Å²) in [6, 6.07) is 6.94. The topological polar surface area (TPSA) is 80.5 Å². The van der Waals surface area contributed by atoms with Crippen LogP contribution in [-0.4, -0.2) is 35.6 Å². The summed E-state index contributed by atoms with van der Waals surface area (Å²) < 4.78 is 0. The molecule has 0 radical (unpaired) electrons. The van der Waals surface area contributed by atoms with E-state index in [0.29, 0.717) is 31.5 Å². The highest BCUT2D eigenvalue weighted by molar-refractivity contribution is 5.93. The van der Waals surface area contributed by atoms with Gasteiger partial charge in [0.2, 0.25) is 11.8 Å². The van der Waals surface area contributed by atoms with Gasteiger partial charge in [0, 0.05) is 31.5 Å². The number of benzene rings is 1. The maximum atomic E-state index is 12.8. The molecule has 1 aromatic carbocycles. The lowest BCUT2D eigenvalue weighted by Crippen LogP contribution is -2.42. The van der Waals surface area contributed by atoms with Gasteiger partial charge >= 0.3 is 0 Å². The zero-order valence-corrected chi connectivity index (χ0v) is 13.0. The van der Waals surface area contributed by atoms with Crippen molar-refractivity contribution in [1.82, 2.24) is 4.90 Å². The smallest absolute Gasteiger partial charge is 0.248 e. The number of nitrogens with two attached hydrogens (primary N) is 1. The monoisotopic (exact) mass is 302 g/mol. The molecule has 22 heavy (non-hydrogen) atoms. The Labute approximate surface area is 130 Å². The third-order valence-corrected chi connectivity index (χ3v) is 4.10. The van der Waals surface area contributed by atoms with Crippen LogP contribution in [0.25, 0.3) is 0 Å². The van der Waals surface area contributed by atoms with Crippen molar-refractivity contribution < 1.29 is 14.4 Å². The lowest BCUT2D eigenvalue weighted by atomic mass is 9.86. The number of amides is 2. The van der Waals surface area contributed by atoms with Crippen LogP contribution < -0.4 is 5.73 Å². The molecule has 0 bridgehead atoms. The quantitative estimate of drug-likeness (QED) is 0.919. The fourth-order valence-corrected chi connectivity index (χ4v) is 2.87. The summed E-state index contributed by atoms with van der Waals surface area (Å²) in [6.07, 6.45) is 0.857. The van der Waals surface area contributed by atoms with Crippen molar-refractivity contribution in [2.75, 3.05) is 13.1 Å². The summed E-state index contributed by atoms with van der Waals surface area (Å²) in [5.74, 6) is -0.508. The molecule has 2 amide bonds. The molecule has 1 atom stereocenters. The summed E-state index contributed by atoms with van der Waals surface area (Å²) in [6.45, 7) is 4.93. The number of carbonyl (C=O) groups is 3. The highest BCUT2D eigenvalue weighted by Crippen LogP contribution is 2.28. The maximum absolute atomic E-state index is 12.8. The molecular weight excluding hydrogens is 280 g/mol. The minimum atomic E-state index is -0.500. The predicted molar refractivity (Wildman–Crippen MR) is 83.4 cm³/mol. The van der Waals surface area contributed by atoms with E-state index in [-0.39, 0.29) is 23.5 Å². The first-order valence-corrected chi connectivity index (χ1v) is 7.60. The number of hydrogen-bond acceptors (Lipinski definition) is 3. The number of likely N-dealkylation sites (tertiary alicyclic amines) is 1. The van der Waals surface area contributed by atoms with E-state index in [4.69, 9.17) is 5.73 Å². The Kier molecular flexibility index (Phi) is 4.96. The van der Waals surface area contributed by atoms with Crippen LogP contribution >= 0.6 is 0 Å². The van der Waals surface area contributed by atoms with E-state index in [9.17, 15) is 14.4 Å². The van der Waals surface area contributed by atoms with Gasteiger partial charge in [-0.1, -0.05) is 26.0 Å². The molecule has 5 nitrogen and oxygen atoms in total. The SMILES string of the molecule is CC(C)C(C(=O)N1CCC(=O)CC1)c1cccc(C(N)=O)c1. The number of nitrogens with zero attached hydrogens (tertiary/aromatic N) is 1. The number of carbonyl (C=O) groups excluding carboxylic acids is 3. The lowest BCUT2D eigenvalue weighted by Gasteiger charge is -2.31. The second kappa shape index (κ2) is 6.73. The van der Waals surface area contributed by atoms with Crippen molar-refractivity contribution in [2.45, 2.75) is 32.6 Å². The summed E-state index contributed by atoms with van der Waals surface area (Å²) >= 11 is 0. The first-order chi connectivity index (χ1) is 10.4. The number of ketones is 1. The van der Waals surface area contributed by atoms with Gasteiger partial charge in [-0.2, -0.15) is 0 Å². The molecule has 1 unspecified atom stereocenters. The number of hydrogen-bond donors (Lipinski definition) is 1. The summed E-state index contributed by atoms with van der Waals surface area (Å²) in [5.41, 5.74) is 6.53. The zero-order chi connectivity index (χ0) is 16.3. The van der Waals surface area contributed by atoms with Gasteiger partial charge in [0.25, 0.3) is 0 Å². The standard InChI is InChI=1S/C17H22N2O3/c1-11(2)15(12-4-3-5-13(10-12)16(18)21)17(22)19-8-6-14(20)7-9-19/h3-5,10-11,15H,6-9H2,1-2H3,(H2,18,21). The molecule has 2 N–H and O–H groups in total. The van der Waals surface area contributed by atoms with Crippen molar-refractivity contribution in [1.29, 1.82) is 0 Å². The molecule has 0 aromatic heterocycles. The second-order valence-electron chi connectivity index (χ2n) is 6.08. The van der Waals surface area contributed by atoms with Gasteiger partial charge in [0.05, 0.1) is 5.92 Å². The van der Waals surface area contributed by atoms with Crippen molar-refractivity contribution >= 4 is 17.6 Å². The molecule has 1 heterocycles. The molecule has 1 aliphatic heterocycles. The highest BCUT2D eigenvalue weighted by atomic mass is 16.2. The van der Waals surface area contributed by atoms with Crippen molar-refractivity contribution in [3.8, 4) is 0 Å². The molecule has 5 heteroatoms. The van der Waals surface area contributed by atoms with Crippen LogP contribution in [0.2, 0.25) is 0 Å². The third kappa shape index (κ3) is 3.53. The normalized spacial score (nSPS) is 16.7. The first-order valence-electron chi connectivity index (χ1n) is 7.60. The van der Waals surface area contributed by atoms with E-state index >= 15 is 0 Å². The zero-order valence-electron chi connectivity index (χ0n) is 13.0. The Bertz CT molecular complexity index is 585. The van der Waals surface area contributed by atoms with E-state index in [1.54, 1.807) is 23.1 Å². The molecule has 1 fully saturated rings. The fourth-order valence-electron chi connectivity index (χ4n) is 2.87. The number of piperidine rings is 1. The van der Waals surface area contributed by atoms with Gasteiger partial charge in [-0.15, -0.1) is 0 Å². The van der Waals surface area contributed by atoms with Gasteiger partial charge in [-0.05, 0) is 23.6 Å². The Morgan fingerprint density at radius 3 is 2.36 bits per heavy atom. The maximum Gasteiger partial charge on any atom is 0.248 e. The Hall–Kier alpha value is -2.17. The van der Waals surface area contributed by atoms with Crippen LogP contribution in [0.3, 0.4) is 0 Å². The van der Waals surface area contributed by atoms with Crippen molar-refractivity contribution in [3.63, 3.8) is 0 Å². The molecule has 0 saturated carbocycles. The van der Waals surface area contributed by atoms with Crippen LogP contribution in [-0.2, 0) is 9.59 Å². The second-order valence-corrected chi connectivity index (χ2v) is 6.08. The fraction of sp³-hybridized carbons (Fsp3) is 0.471. The lowest BCUT2D eigenvalue weighted by molar-refractivity contribution is -0.136. The van der Waals surface area contributed by atoms with E-state index in [1.165, 1.54) is 0 Å². The number of rotatable bonds is 4. The molecule has 1 saturated heterocycles. The molecule has 0 aliphatic carbocycles. The van der Waals surface area contributed by atoms with Crippen LogP contribution in [0, 0.1) is 5.92 Å². The molecule has 118 valence electrons. The average Bonchev–Trinajstić information content (AvgIpc) is 2.48. The van der Waals surface area contributed by atoms with Gasteiger partial charge in [-0.25, -0.2) is 0 Å². The van der Waals surface area contributed by atoms with Gasteiger partial charge < -0.3 is 10.6 Å². The van der Waals surface area contributed by atoms with Crippen molar-refractivity contribution in [2.24, 2.45) is 11.7 Å².